The first kappa shape index (κ1) is 8.29. The van der Waals surface area contributed by atoms with Gasteiger partial charge in [0.25, 0.3) is 5.91 Å². The van der Waals surface area contributed by atoms with Gasteiger partial charge < -0.3 is 10.2 Å². The Labute approximate surface area is 147 Å². The highest BCUT2D eigenvalue weighted by atomic mass is 16.2. The summed E-state index contributed by atoms with van der Waals surface area (Å²) in [6.45, 7) is -2.72. The number of hydrogen-bond donors (Lipinski definition) is 1. The summed E-state index contributed by atoms with van der Waals surface area (Å²) in [5, 5.41) is 6.97. The summed E-state index contributed by atoms with van der Waals surface area (Å²) in [5.41, 5.74) is 0.617. The molecule has 2 atom stereocenters. The van der Waals surface area contributed by atoms with Gasteiger partial charge in [0.2, 0.25) is 0 Å². The summed E-state index contributed by atoms with van der Waals surface area (Å²) < 4.78 is 68.5. The van der Waals surface area contributed by atoms with E-state index in [1.165, 1.54) is 4.68 Å². The summed E-state index contributed by atoms with van der Waals surface area (Å²) in [4.78, 5) is 14.0. The highest BCUT2D eigenvalue weighted by Crippen LogP contribution is 2.32. The zero-order valence-corrected chi connectivity index (χ0v) is 12.8. The molecule has 1 N–H and O–H groups in total. The molecule has 2 saturated heterocycles. The number of para-hydroxylation sites is 1. The van der Waals surface area contributed by atoms with Crippen molar-refractivity contribution in [2.45, 2.75) is 50.1 Å². The van der Waals surface area contributed by atoms with Crippen molar-refractivity contribution in [2.24, 2.45) is 7.05 Å². The van der Waals surface area contributed by atoms with E-state index >= 15 is 0 Å². The Balaban J connectivity index is 1.79. The van der Waals surface area contributed by atoms with Gasteiger partial charge in [-0.1, -0.05) is 24.6 Å². The van der Waals surface area contributed by atoms with E-state index in [0.717, 1.165) is 4.90 Å². The van der Waals surface area contributed by atoms with Crippen LogP contribution >= 0.6 is 0 Å². The van der Waals surface area contributed by atoms with Crippen LogP contribution < -0.4 is 5.32 Å². The van der Waals surface area contributed by atoms with Gasteiger partial charge in [-0.25, -0.2) is 0 Å². The van der Waals surface area contributed by atoms with Gasteiger partial charge >= 0.3 is 0 Å². The van der Waals surface area contributed by atoms with Crippen LogP contribution in [0.25, 0.3) is 10.9 Å². The molecule has 0 saturated carbocycles. The van der Waals surface area contributed by atoms with E-state index in [1.807, 2.05) is 0 Å². The van der Waals surface area contributed by atoms with E-state index in [-0.39, 0.29) is 18.5 Å². The van der Waals surface area contributed by atoms with Crippen LogP contribution in [-0.4, -0.2) is 45.7 Å². The fraction of sp³-hybridized carbons (Fsp3) is 0.556. The Morgan fingerprint density at radius 1 is 1.39 bits per heavy atom. The van der Waals surface area contributed by atoms with Crippen LogP contribution in [0.4, 0.5) is 0 Å². The normalized spacial score (nSPS) is 41.3. The van der Waals surface area contributed by atoms with E-state index in [1.54, 1.807) is 31.3 Å². The van der Waals surface area contributed by atoms with Gasteiger partial charge in [-0.05, 0) is 38.6 Å². The molecule has 2 bridgehead atoms. The largest absolute Gasteiger partial charge is 0.348 e. The maximum absolute atomic E-state index is 13.2. The number of piperidine rings is 2. The number of carbonyl (C=O) groups is 1. The molecule has 1 aromatic carbocycles. The number of amides is 1. The Hall–Kier alpha value is -1.88. The number of nitrogens with zero attached hydrogens (tertiary/aromatic N) is 3. The van der Waals surface area contributed by atoms with Crippen LogP contribution in [0.15, 0.2) is 24.3 Å². The van der Waals surface area contributed by atoms with Gasteiger partial charge in [0.1, 0.15) is 0 Å². The quantitative estimate of drug-likeness (QED) is 0.924. The van der Waals surface area contributed by atoms with Crippen LogP contribution in [0.1, 0.15) is 53.5 Å². The van der Waals surface area contributed by atoms with Crippen LogP contribution in [0.2, 0.25) is 0 Å². The fourth-order valence-electron chi connectivity index (χ4n) is 3.28. The van der Waals surface area contributed by atoms with Crippen molar-refractivity contribution in [3.05, 3.63) is 30.0 Å². The molecule has 1 amide bonds. The molecule has 3 heterocycles. The molecule has 2 aliphatic rings. The number of nitrogens with one attached hydrogen (secondary N) is 1. The molecule has 2 aromatic rings. The Morgan fingerprint density at radius 3 is 2.87 bits per heavy atom. The third-order valence-electron chi connectivity index (χ3n) is 4.46. The molecule has 1 aromatic heterocycles. The molecule has 5 nitrogen and oxygen atoms in total. The topological polar surface area (TPSA) is 50.2 Å². The van der Waals surface area contributed by atoms with Crippen molar-refractivity contribution < 1.29 is 15.8 Å². The predicted molar refractivity (Wildman–Crippen MR) is 90.4 cm³/mol. The maximum atomic E-state index is 13.2. The minimum Gasteiger partial charge on any atom is -0.348 e. The third kappa shape index (κ3) is 2.53. The number of rotatable bonds is 2. The van der Waals surface area contributed by atoms with Crippen LogP contribution in [0.5, 0.6) is 0 Å². The Bertz CT molecular complexity index is 1010. The lowest BCUT2D eigenvalue weighted by Gasteiger charge is -2.47. The predicted octanol–water partition coefficient (Wildman–Crippen LogP) is 2.32. The van der Waals surface area contributed by atoms with E-state index < -0.39 is 43.7 Å². The molecule has 5 heteroatoms. The highest BCUT2D eigenvalue weighted by molar-refractivity contribution is 6.04. The summed E-state index contributed by atoms with van der Waals surface area (Å²) in [7, 11) is 1.65. The fourth-order valence-corrected chi connectivity index (χ4v) is 3.28. The second-order valence-electron chi connectivity index (χ2n) is 5.98. The monoisotopic (exact) mass is 320 g/mol. The van der Waals surface area contributed by atoms with Crippen molar-refractivity contribution in [2.75, 3.05) is 6.98 Å². The van der Waals surface area contributed by atoms with Gasteiger partial charge in [0, 0.05) is 40.1 Å². The summed E-state index contributed by atoms with van der Waals surface area (Å²) in [6.07, 6.45) is -4.61. The Morgan fingerprint density at radius 2 is 2.13 bits per heavy atom. The van der Waals surface area contributed by atoms with Crippen LogP contribution in [-0.2, 0) is 7.05 Å². The maximum Gasteiger partial charge on any atom is 0.272 e. The van der Waals surface area contributed by atoms with Crippen LogP contribution in [0.3, 0.4) is 0 Å². The van der Waals surface area contributed by atoms with Crippen molar-refractivity contribution in [1.29, 1.82) is 0 Å². The number of carbonyl (C=O) groups excluding carboxylic acids is 1. The molecule has 4 rings (SSSR count). The molecule has 0 radical (unpaired) electrons. The second kappa shape index (κ2) is 5.64. The number of hydrogen-bond acceptors (Lipinski definition) is 3. The van der Waals surface area contributed by atoms with Gasteiger partial charge in [0.15, 0.2) is 5.69 Å². The van der Waals surface area contributed by atoms with Gasteiger partial charge in [-0.2, -0.15) is 5.10 Å². The number of fused-ring (bicyclic) bond motifs is 3. The molecular formula is C18H24N4O. The van der Waals surface area contributed by atoms with Crippen molar-refractivity contribution in [3.63, 3.8) is 0 Å². The minimum absolute atomic E-state index is 0.0419. The smallest absolute Gasteiger partial charge is 0.272 e. The van der Waals surface area contributed by atoms with Crippen molar-refractivity contribution >= 4 is 16.8 Å². The first-order valence-electron chi connectivity index (χ1n) is 11.8. The van der Waals surface area contributed by atoms with Crippen molar-refractivity contribution in [1.82, 2.24) is 20.0 Å². The van der Waals surface area contributed by atoms with Gasteiger partial charge in [0.05, 0.1) is 6.89 Å². The number of aryl methyl sites for hydroxylation is 1. The lowest BCUT2D eigenvalue weighted by Crippen LogP contribution is -2.55. The molecular weight excluding hydrogens is 288 g/mol. The molecule has 23 heavy (non-hydrogen) atoms. The minimum atomic E-state index is -2.72. The van der Waals surface area contributed by atoms with Crippen molar-refractivity contribution in [3.8, 4) is 0 Å². The van der Waals surface area contributed by atoms with Gasteiger partial charge in [-0.3, -0.25) is 9.48 Å². The molecule has 0 aliphatic carbocycles. The van der Waals surface area contributed by atoms with E-state index in [4.69, 9.17) is 11.0 Å². The first-order valence-corrected chi connectivity index (χ1v) is 7.76. The zero-order chi connectivity index (χ0) is 23.0. The standard InChI is InChI=1S/C18H24N4O/c1-21-13-6-5-7-14(21)11-12(10-13)19-18(23)17-15-8-3-4-9-16(15)22(2)20-17/h3-4,8-9,12-14H,5-7,10-11H2,1-2H3,(H,19,23)/i1D3,10D2,11D2,12D. The lowest BCUT2D eigenvalue weighted by atomic mass is 9.82. The second-order valence-corrected chi connectivity index (χ2v) is 5.98. The molecule has 2 aliphatic heterocycles. The average Bonchev–Trinajstić information content (AvgIpc) is 3.02. The van der Waals surface area contributed by atoms with Gasteiger partial charge in [-0.15, -0.1) is 0 Å². The van der Waals surface area contributed by atoms with E-state index in [9.17, 15) is 4.79 Å². The zero-order valence-electron chi connectivity index (χ0n) is 20.8. The SMILES string of the molecule is [2H]C([2H])([2H])N1C2CCCC1C([2H])([2H])C([2H])(NC(=O)c1nn(C)c3ccccc13)C2([2H])[2H]. The third-order valence-corrected chi connectivity index (χ3v) is 4.46. The molecule has 2 unspecified atom stereocenters. The Kier molecular flexibility index (Phi) is 2.03. The molecule has 122 valence electrons. The molecule has 2 fully saturated rings. The number of benzene rings is 1. The lowest BCUT2D eigenvalue weighted by molar-refractivity contribution is 0.0462. The highest BCUT2D eigenvalue weighted by Gasteiger charge is 2.36. The number of aromatic nitrogens is 2. The average molecular weight is 320 g/mol. The summed E-state index contributed by atoms with van der Waals surface area (Å²) in [6, 6.07) is 1.74. The van der Waals surface area contributed by atoms with E-state index in [2.05, 4.69) is 10.4 Å². The molecule has 0 spiro atoms. The van der Waals surface area contributed by atoms with Crippen LogP contribution in [0, 0.1) is 0 Å². The van der Waals surface area contributed by atoms with E-state index in [0.29, 0.717) is 17.3 Å². The summed E-state index contributed by atoms with van der Waals surface area (Å²) in [5.74, 6) is -0.875. The summed E-state index contributed by atoms with van der Waals surface area (Å²) >= 11 is 0. The first-order chi connectivity index (χ1) is 14.2.